The zero-order valence-corrected chi connectivity index (χ0v) is 17.4. The number of morpholine rings is 1. The monoisotopic (exact) mass is 417 g/mol. The summed E-state index contributed by atoms with van der Waals surface area (Å²) in [6, 6.07) is 12.9. The summed E-state index contributed by atoms with van der Waals surface area (Å²) in [5, 5.41) is 8.91. The first-order valence-corrected chi connectivity index (χ1v) is 10.8. The van der Waals surface area contributed by atoms with E-state index in [1.54, 1.807) is 6.20 Å². The Bertz CT molecular complexity index is 1010. The molecule has 31 heavy (non-hydrogen) atoms. The number of ether oxygens (including phenoxy) is 1. The molecule has 1 unspecified atom stereocenters. The molecule has 3 aliphatic heterocycles. The number of benzene rings is 1. The van der Waals surface area contributed by atoms with Crippen LogP contribution in [0.15, 0.2) is 60.4 Å². The van der Waals surface area contributed by atoms with Gasteiger partial charge in [0, 0.05) is 54.6 Å². The number of carbonyl (C=O) groups excluding carboxylic acids is 1. The van der Waals surface area contributed by atoms with Crippen LogP contribution in [0.2, 0.25) is 0 Å². The SMILES string of the molecule is O=C1NC=C2C=C(c3ccnc(CCc4ccc(CN5CCOCC5)cc4)c3)NC2N1. The van der Waals surface area contributed by atoms with E-state index in [9.17, 15) is 4.79 Å². The molecule has 0 saturated carbocycles. The number of rotatable bonds is 6. The average Bonchev–Trinajstić information content (AvgIpc) is 3.23. The Hall–Kier alpha value is -3.16. The van der Waals surface area contributed by atoms with Crippen LogP contribution in [0.4, 0.5) is 4.79 Å². The third-order valence-corrected chi connectivity index (χ3v) is 5.92. The van der Waals surface area contributed by atoms with E-state index in [-0.39, 0.29) is 12.2 Å². The lowest BCUT2D eigenvalue weighted by Gasteiger charge is -2.26. The fourth-order valence-corrected chi connectivity index (χ4v) is 4.15. The lowest BCUT2D eigenvalue weighted by Crippen LogP contribution is -2.49. The first-order chi connectivity index (χ1) is 15.2. The maximum absolute atomic E-state index is 11.5. The topological polar surface area (TPSA) is 78.5 Å². The maximum atomic E-state index is 11.5. The molecule has 4 heterocycles. The molecule has 2 amide bonds. The fraction of sp³-hybridized carbons (Fsp3) is 0.333. The fourth-order valence-electron chi connectivity index (χ4n) is 4.15. The Morgan fingerprint density at radius 3 is 2.68 bits per heavy atom. The third kappa shape index (κ3) is 4.78. The first-order valence-electron chi connectivity index (χ1n) is 10.8. The number of aromatic nitrogens is 1. The molecule has 7 heteroatoms. The molecule has 1 fully saturated rings. The molecule has 5 rings (SSSR count). The first kappa shape index (κ1) is 19.8. The van der Waals surface area contributed by atoms with Crippen molar-refractivity contribution < 1.29 is 9.53 Å². The van der Waals surface area contributed by atoms with Crippen molar-refractivity contribution in [2.24, 2.45) is 0 Å². The van der Waals surface area contributed by atoms with Gasteiger partial charge in [-0.05, 0) is 42.2 Å². The summed E-state index contributed by atoms with van der Waals surface area (Å²) in [6.07, 6.45) is 7.32. The van der Waals surface area contributed by atoms with Crippen LogP contribution in [0.5, 0.6) is 0 Å². The van der Waals surface area contributed by atoms with E-state index >= 15 is 0 Å². The Morgan fingerprint density at radius 2 is 1.84 bits per heavy atom. The van der Waals surface area contributed by atoms with Gasteiger partial charge in [0.15, 0.2) is 0 Å². The van der Waals surface area contributed by atoms with Gasteiger partial charge >= 0.3 is 6.03 Å². The Balaban J connectivity index is 1.18. The van der Waals surface area contributed by atoms with E-state index in [1.807, 2.05) is 12.3 Å². The third-order valence-electron chi connectivity index (χ3n) is 5.92. The maximum Gasteiger partial charge on any atom is 0.320 e. The minimum Gasteiger partial charge on any atom is -0.379 e. The molecule has 7 nitrogen and oxygen atoms in total. The lowest BCUT2D eigenvalue weighted by molar-refractivity contribution is 0.0342. The van der Waals surface area contributed by atoms with Gasteiger partial charge in [-0.15, -0.1) is 0 Å². The molecule has 0 aliphatic carbocycles. The number of hydrogen-bond acceptors (Lipinski definition) is 5. The van der Waals surface area contributed by atoms with Crippen molar-refractivity contribution in [2.45, 2.75) is 25.6 Å². The summed E-state index contributed by atoms with van der Waals surface area (Å²) in [4.78, 5) is 18.5. The van der Waals surface area contributed by atoms with Crippen LogP contribution in [0.1, 0.15) is 22.4 Å². The summed E-state index contributed by atoms with van der Waals surface area (Å²) in [6.45, 7) is 4.68. The highest BCUT2D eigenvalue weighted by atomic mass is 16.5. The predicted octanol–water partition coefficient (Wildman–Crippen LogP) is 2.17. The standard InChI is InChI=1S/C24H27N5O2/c30-24-26-15-20-14-22(27-23(20)28-24)19-7-8-25-21(13-19)6-5-17-1-3-18(4-2-17)16-29-9-11-31-12-10-29/h1-4,7-8,13-15,23,27H,5-6,9-12,16H2,(H2,26,28,30). The highest BCUT2D eigenvalue weighted by Crippen LogP contribution is 2.24. The molecule has 1 saturated heterocycles. The number of hydrogen-bond donors (Lipinski definition) is 3. The molecule has 3 N–H and O–H groups in total. The van der Waals surface area contributed by atoms with Gasteiger partial charge in [0.25, 0.3) is 0 Å². The summed E-state index contributed by atoms with van der Waals surface area (Å²) < 4.78 is 5.42. The number of amides is 2. The van der Waals surface area contributed by atoms with E-state index in [0.29, 0.717) is 0 Å². The van der Waals surface area contributed by atoms with Gasteiger partial charge in [0.2, 0.25) is 0 Å². The van der Waals surface area contributed by atoms with Crippen LogP contribution in [0.25, 0.3) is 5.70 Å². The quantitative estimate of drug-likeness (QED) is 0.672. The molecule has 160 valence electrons. The molecule has 2 aromatic rings. The number of nitrogens with zero attached hydrogens (tertiary/aromatic N) is 2. The minimum absolute atomic E-state index is 0.170. The van der Waals surface area contributed by atoms with Crippen molar-refractivity contribution in [3.63, 3.8) is 0 Å². The van der Waals surface area contributed by atoms with Crippen LogP contribution in [-0.4, -0.2) is 48.4 Å². The average molecular weight is 418 g/mol. The predicted molar refractivity (Wildman–Crippen MR) is 119 cm³/mol. The van der Waals surface area contributed by atoms with Gasteiger partial charge < -0.3 is 20.7 Å². The van der Waals surface area contributed by atoms with Crippen LogP contribution < -0.4 is 16.0 Å². The number of nitrogens with one attached hydrogen (secondary N) is 3. The second kappa shape index (κ2) is 8.91. The number of fused-ring (bicyclic) bond motifs is 1. The number of carbonyl (C=O) groups is 1. The Kier molecular flexibility index (Phi) is 5.69. The molecule has 1 aromatic heterocycles. The van der Waals surface area contributed by atoms with Gasteiger partial charge in [0.05, 0.1) is 13.2 Å². The number of aryl methyl sites for hydroxylation is 2. The van der Waals surface area contributed by atoms with Crippen LogP contribution in [0, 0.1) is 0 Å². The largest absolute Gasteiger partial charge is 0.379 e. The lowest BCUT2D eigenvalue weighted by atomic mass is 10.0. The van der Waals surface area contributed by atoms with Gasteiger partial charge in [-0.25, -0.2) is 4.79 Å². The van der Waals surface area contributed by atoms with E-state index in [4.69, 9.17) is 4.74 Å². The highest BCUT2D eigenvalue weighted by molar-refractivity contribution is 5.81. The second-order valence-electron chi connectivity index (χ2n) is 8.14. The molecule has 1 aromatic carbocycles. The van der Waals surface area contributed by atoms with Gasteiger partial charge in [-0.2, -0.15) is 0 Å². The zero-order valence-electron chi connectivity index (χ0n) is 17.4. The Morgan fingerprint density at radius 1 is 1.03 bits per heavy atom. The van der Waals surface area contributed by atoms with Crippen molar-refractivity contribution in [2.75, 3.05) is 26.3 Å². The van der Waals surface area contributed by atoms with E-state index in [1.165, 1.54) is 11.1 Å². The van der Waals surface area contributed by atoms with Crippen molar-refractivity contribution in [1.82, 2.24) is 25.8 Å². The number of urea groups is 1. The number of pyridine rings is 1. The van der Waals surface area contributed by atoms with Gasteiger partial charge in [-0.1, -0.05) is 24.3 Å². The normalized spacial score (nSPS) is 20.8. The van der Waals surface area contributed by atoms with Crippen molar-refractivity contribution >= 4 is 11.7 Å². The highest BCUT2D eigenvalue weighted by Gasteiger charge is 2.26. The zero-order chi connectivity index (χ0) is 21.0. The van der Waals surface area contributed by atoms with Gasteiger partial charge in [0.1, 0.15) is 6.17 Å². The van der Waals surface area contributed by atoms with E-state index < -0.39 is 0 Å². The van der Waals surface area contributed by atoms with Crippen molar-refractivity contribution in [3.05, 3.63) is 82.8 Å². The van der Waals surface area contributed by atoms with Crippen LogP contribution >= 0.6 is 0 Å². The van der Waals surface area contributed by atoms with E-state index in [2.05, 4.69) is 62.2 Å². The Labute approximate surface area is 182 Å². The molecule has 0 spiro atoms. The summed E-state index contributed by atoms with van der Waals surface area (Å²) in [5.41, 5.74) is 6.82. The van der Waals surface area contributed by atoms with Gasteiger partial charge in [-0.3, -0.25) is 9.88 Å². The smallest absolute Gasteiger partial charge is 0.320 e. The summed E-state index contributed by atoms with van der Waals surface area (Å²) in [5.74, 6) is 0. The van der Waals surface area contributed by atoms with E-state index in [0.717, 1.165) is 68.2 Å². The summed E-state index contributed by atoms with van der Waals surface area (Å²) >= 11 is 0. The molecule has 3 aliphatic rings. The van der Waals surface area contributed by atoms with Crippen LogP contribution in [0.3, 0.4) is 0 Å². The minimum atomic E-state index is -0.192. The molecule has 0 radical (unpaired) electrons. The summed E-state index contributed by atoms with van der Waals surface area (Å²) in [7, 11) is 0. The van der Waals surface area contributed by atoms with Crippen molar-refractivity contribution in [3.8, 4) is 0 Å². The molecular weight excluding hydrogens is 390 g/mol. The van der Waals surface area contributed by atoms with Crippen LogP contribution in [-0.2, 0) is 24.1 Å². The molecule has 0 bridgehead atoms. The van der Waals surface area contributed by atoms with Crippen molar-refractivity contribution in [1.29, 1.82) is 0 Å². The molecule has 1 atom stereocenters. The second-order valence-corrected chi connectivity index (χ2v) is 8.14. The molecular formula is C24H27N5O2.